The van der Waals surface area contributed by atoms with Gasteiger partial charge in [0.1, 0.15) is 18.0 Å². The van der Waals surface area contributed by atoms with Gasteiger partial charge in [-0.05, 0) is 71.9 Å². The van der Waals surface area contributed by atoms with E-state index in [0.29, 0.717) is 31.0 Å². The first kappa shape index (κ1) is 28.6. The minimum absolute atomic E-state index is 0. The standard InChI is InChI=1S/C29H29NO5S.Li/c1-19-7-3-5-9-23(19)25-15-20(17-34-18-22-16-21-8-4-6-10-27(21)35-22)11-12-24(25)28(31)30-26(29(32)33)13-14-36-2;/h3-12,15-16,26H,13-14,17-18H2,1-2H3,(H,30,31)(H,32,33);/q;+1/p-1/t26-;/m0./s1. The summed E-state index contributed by atoms with van der Waals surface area (Å²) in [6.07, 6.45) is 2.18. The molecule has 37 heavy (non-hydrogen) atoms. The minimum atomic E-state index is -1.29. The van der Waals surface area contributed by atoms with Gasteiger partial charge in [-0.15, -0.1) is 0 Å². The average Bonchev–Trinajstić information content (AvgIpc) is 3.29. The molecule has 0 aliphatic carbocycles. The third-order valence-electron chi connectivity index (χ3n) is 5.95. The summed E-state index contributed by atoms with van der Waals surface area (Å²) < 4.78 is 11.7. The van der Waals surface area contributed by atoms with Crippen molar-refractivity contribution in [2.75, 3.05) is 12.0 Å². The summed E-state index contributed by atoms with van der Waals surface area (Å²) in [6, 6.07) is 22.0. The van der Waals surface area contributed by atoms with Gasteiger partial charge in [0.15, 0.2) is 0 Å². The third kappa shape index (κ3) is 7.30. The number of hydrogen-bond acceptors (Lipinski definition) is 6. The van der Waals surface area contributed by atoms with Gasteiger partial charge in [-0.3, -0.25) is 4.79 Å². The molecule has 1 amide bonds. The largest absolute Gasteiger partial charge is 1.00 e. The van der Waals surface area contributed by atoms with Gasteiger partial charge in [0.25, 0.3) is 5.91 Å². The number of benzene rings is 3. The maximum Gasteiger partial charge on any atom is 1.00 e. The SMILES string of the molecule is CSCC[C@H](NC(=O)c1ccc(COCc2cc3ccccc3o2)cc1-c1ccccc1C)C(=O)[O-].[Li+]. The second-order valence-electron chi connectivity index (χ2n) is 8.56. The van der Waals surface area contributed by atoms with E-state index in [1.165, 1.54) is 11.8 Å². The molecule has 1 atom stereocenters. The zero-order chi connectivity index (χ0) is 25.5. The van der Waals surface area contributed by atoms with Crippen molar-refractivity contribution in [3.05, 3.63) is 95.2 Å². The number of carboxylic acid groups (broad SMARTS) is 1. The number of aryl methyl sites for hydroxylation is 1. The molecule has 3 aromatic carbocycles. The number of ether oxygens (including phenoxy) is 1. The zero-order valence-corrected chi connectivity index (χ0v) is 22.1. The van der Waals surface area contributed by atoms with E-state index in [1.54, 1.807) is 6.07 Å². The Kier molecular flexibility index (Phi) is 10.5. The second-order valence-corrected chi connectivity index (χ2v) is 9.55. The van der Waals surface area contributed by atoms with Crippen LogP contribution >= 0.6 is 11.8 Å². The number of carboxylic acids is 1. The molecule has 0 bridgehead atoms. The summed E-state index contributed by atoms with van der Waals surface area (Å²) in [6.45, 7) is 2.62. The summed E-state index contributed by atoms with van der Waals surface area (Å²) in [5, 5.41) is 15.2. The second kappa shape index (κ2) is 13.6. The van der Waals surface area contributed by atoms with Crippen LogP contribution in [0, 0.1) is 6.92 Å². The number of fused-ring (bicyclic) bond motifs is 1. The van der Waals surface area contributed by atoms with E-state index >= 15 is 0 Å². The Balaban J connectivity index is 0.00000380. The van der Waals surface area contributed by atoms with Crippen molar-refractivity contribution in [3.63, 3.8) is 0 Å². The van der Waals surface area contributed by atoms with Crippen LogP contribution < -0.4 is 29.3 Å². The molecule has 186 valence electrons. The summed E-state index contributed by atoms with van der Waals surface area (Å²) in [7, 11) is 0. The Morgan fingerprint density at radius 1 is 1.00 bits per heavy atom. The summed E-state index contributed by atoms with van der Waals surface area (Å²) in [4.78, 5) is 24.7. The van der Waals surface area contributed by atoms with Crippen LogP contribution in [0.25, 0.3) is 22.1 Å². The van der Waals surface area contributed by atoms with Crippen molar-refractivity contribution in [2.45, 2.75) is 32.6 Å². The number of carbonyl (C=O) groups is 2. The molecule has 0 fully saturated rings. The molecule has 6 nitrogen and oxygen atoms in total. The summed E-state index contributed by atoms with van der Waals surface area (Å²) >= 11 is 1.52. The van der Waals surface area contributed by atoms with Crippen molar-refractivity contribution in [3.8, 4) is 11.1 Å². The first-order valence-corrected chi connectivity index (χ1v) is 13.1. The molecule has 1 N–H and O–H groups in total. The van der Waals surface area contributed by atoms with E-state index in [2.05, 4.69) is 5.32 Å². The Morgan fingerprint density at radius 3 is 2.49 bits per heavy atom. The Morgan fingerprint density at radius 2 is 1.76 bits per heavy atom. The summed E-state index contributed by atoms with van der Waals surface area (Å²) in [5.41, 5.74) is 4.74. The molecule has 0 aliphatic rings. The monoisotopic (exact) mass is 509 g/mol. The number of hydrogen-bond donors (Lipinski definition) is 1. The molecule has 4 rings (SSSR count). The van der Waals surface area contributed by atoms with Crippen molar-refractivity contribution in [1.29, 1.82) is 0 Å². The Hall–Kier alpha value is -2.95. The molecule has 0 unspecified atom stereocenters. The smallest absolute Gasteiger partial charge is 0.548 e. The number of carbonyl (C=O) groups excluding carboxylic acids is 2. The van der Waals surface area contributed by atoms with Crippen LogP contribution in [0.15, 0.2) is 77.2 Å². The number of para-hydroxylation sites is 1. The topological polar surface area (TPSA) is 91.6 Å². The van der Waals surface area contributed by atoms with Crippen LogP contribution in [0.2, 0.25) is 0 Å². The summed E-state index contributed by atoms with van der Waals surface area (Å²) in [5.74, 6) is -0.390. The van der Waals surface area contributed by atoms with Gasteiger partial charge in [0.2, 0.25) is 0 Å². The molecule has 0 radical (unpaired) electrons. The molecule has 0 aliphatic heterocycles. The fourth-order valence-corrected chi connectivity index (χ4v) is 4.55. The molecule has 1 heterocycles. The van der Waals surface area contributed by atoms with Crippen molar-refractivity contribution >= 4 is 34.6 Å². The maximum atomic E-state index is 13.2. The molecular formula is C29H28LiNO5S. The van der Waals surface area contributed by atoms with E-state index < -0.39 is 17.9 Å². The van der Waals surface area contributed by atoms with Crippen LogP contribution in [0.5, 0.6) is 0 Å². The Bertz CT molecular complexity index is 1340. The number of thioether (sulfide) groups is 1. The van der Waals surface area contributed by atoms with E-state index in [0.717, 1.165) is 39.0 Å². The van der Waals surface area contributed by atoms with Crippen LogP contribution in [0.3, 0.4) is 0 Å². The molecule has 8 heteroatoms. The van der Waals surface area contributed by atoms with Gasteiger partial charge in [-0.1, -0.05) is 48.5 Å². The van der Waals surface area contributed by atoms with Crippen LogP contribution in [0.1, 0.15) is 33.7 Å². The molecule has 0 saturated heterocycles. The molecule has 1 aromatic heterocycles. The third-order valence-corrected chi connectivity index (χ3v) is 6.60. The number of furan rings is 1. The van der Waals surface area contributed by atoms with Gasteiger partial charge >= 0.3 is 18.9 Å². The molecule has 4 aromatic rings. The quantitative estimate of drug-likeness (QED) is 0.310. The molecule has 0 spiro atoms. The fourth-order valence-electron chi connectivity index (χ4n) is 4.08. The van der Waals surface area contributed by atoms with Gasteiger partial charge in [0.05, 0.1) is 18.6 Å². The van der Waals surface area contributed by atoms with Crippen molar-refractivity contribution < 1.29 is 42.7 Å². The maximum absolute atomic E-state index is 13.2. The Labute approximate surface area is 233 Å². The molecular weight excluding hydrogens is 481 g/mol. The van der Waals surface area contributed by atoms with E-state index in [4.69, 9.17) is 9.15 Å². The fraction of sp³-hybridized carbons (Fsp3) is 0.241. The predicted molar refractivity (Wildman–Crippen MR) is 141 cm³/mol. The van der Waals surface area contributed by atoms with Crippen molar-refractivity contribution in [2.24, 2.45) is 0 Å². The zero-order valence-electron chi connectivity index (χ0n) is 21.3. The predicted octanol–water partition coefficient (Wildman–Crippen LogP) is 1.73. The normalized spacial score (nSPS) is 11.6. The van der Waals surface area contributed by atoms with Crippen LogP contribution in [-0.2, 0) is 22.7 Å². The average molecular weight is 510 g/mol. The van der Waals surface area contributed by atoms with Gasteiger partial charge in [-0.25, -0.2) is 0 Å². The number of nitrogens with one attached hydrogen (secondary N) is 1. The van der Waals surface area contributed by atoms with Crippen LogP contribution in [0.4, 0.5) is 0 Å². The minimum Gasteiger partial charge on any atom is -0.548 e. The van der Waals surface area contributed by atoms with Gasteiger partial charge in [-0.2, -0.15) is 11.8 Å². The van der Waals surface area contributed by atoms with Crippen molar-refractivity contribution in [1.82, 2.24) is 5.32 Å². The van der Waals surface area contributed by atoms with E-state index in [1.807, 2.05) is 79.9 Å². The number of amides is 1. The molecule has 0 saturated carbocycles. The number of rotatable bonds is 11. The first-order valence-electron chi connectivity index (χ1n) is 11.7. The van der Waals surface area contributed by atoms with E-state index in [9.17, 15) is 14.7 Å². The van der Waals surface area contributed by atoms with E-state index in [-0.39, 0.29) is 18.9 Å². The van der Waals surface area contributed by atoms with Crippen LogP contribution in [-0.4, -0.2) is 29.9 Å². The van der Waals surface area contributed by atoms with Gasteiger partial charge < -0.3 is 24.4 Å². The van der Waals surface area contributed by atoms with Gasteiger partial charge in [0, 0.05) is 10.9 Å². The number of aliphatic carboxylic acids is 1. The first-order chi connectivity index (χ1) is 17.5.